The van der Waals surface area contributed by atoms with Crippen LogP contribution in [0.1, 0.15) is 5.56 Å². The van der Waals surface area contributed by atoms with Gasteiger partial charge >= 0.3 is 5.97 Å². The van der Waals surface area contributed by atoms with Crippen LogP contribution in [0, 0.1) is 6.92 Å². The molecule has 1 aromatic rings. The van der Waals surface area contributed by atoms with Crippen LogP contribution in [-0.2, 0) is 14.4 Å². The van der Waals surface area contributed by atoms with Gasteiger partial charge in [-0.3, -0.25) is 14.4 Å². The number of rotatable bonds is 5. The lowest BCUT2D eigenvalue weighted by Crippen LogP contribution is -2.44. The molecule has 0 aromatic heterocycles. The van der Waals surface area contributed by atoms with Gasteiger partial charge in [0, 0.05) is 0 Å². The minimum Gasteiger partial charge on any atom is -0.426 e. The Bertz CT molecular complexity index is 543. The molecule has 0 fully saturated rings. The topological polar surface area (TPSA) is 142 Å². The lowest BCUT2D eigenvalue weighted by atomic mass is 10.1. The maximum absolute atomic E-state index is 11.8. The number of aryl methyl sites for hydroxylation is 1. The zero-order valence-corrected chi connectivity index (χ0v) is 11.7. The van der Waals surface area contributed by atoms with Crippen molar-refractivity contribution in [2.45, 2.75) is 6.92 Å². The van der Waals surface area contributed by atoms with Crippen LogP contribution in [-0.4, -0.2) is 37.4 Å². The summed E-state index contributed by atoms with van der Waals surface area (Å²) < 4.78 is 4.95. The molecular formula is C13H18N4O4. The number of nitrogens with two attached hydrogens (primary N) is 3. The van der Waals surface area contributed by atoms with Crippen molar-refractivity contribution in [1.29, 1.82) is 0 Å². The van der Waals surface area contributed by atoms with E-state index in [2.05, 4.69) is 0 Å². The van der Waals surface area contributed by atoms with E-state index in [1.807, 2.05) is 0 Å². The predicted octanol–water partition coefficient (Wildman–Crippen LogP) is -1.36. The lowest BCUT2D eigenvalue weighted by Gasteiger charge is -2.22. The number of hydrogen-bond donors (Lipinski definition) is 3. The van der Waals surface area contributed by atoms with E-state index in [-0.39, 0.29) is 25.4 Å². The number of carbonyl (C=O) groups is 3. The van der Waals surface area contributed by atoms with Gasteiger partial charge in [-0.1, -0.05) is 0 Å². The van der Waals surface area contributed by atoms with Gasteiger partial charge in [0.05, 0.1) is 25.3 Å². The molecule has 0 heterocycles. The molecule has 8 heteroatoms. The second-order valence-electron chi connectivity index (χ2n) is 4.16. The van der Waals surface area contributed by atoms with Crippen LogP contribution in [0.4, 0.5) is 5.69 Å². The van der Waals surface area contributed by atoms with Crippen molar-refractivity contribution in [2.75, 3.05) is 24.5 Å². The number of amides is 2. The smallest absolute Gasteiger partial charge is 0.325 e. The number of imide groups is 1. The summed E-state index contributed by atoms with van der Waals surface area (Å²) >= 11 is 0. The van der Waals surface area contributed by atoms with Crippen LogP contribution in [0.2, 0.25) is 0 Å². The highest BCUT2D eigenvalue weighted by molar-refractivity contribution is 6.16. The summed E-state index contributed by atoms with van der Waals surface area (Å²) in [7, 11) is 0. The molecule has 1 rings (SSSR count). The standard InChI is InChI=1S/C13H18N4O4/c1-8-4-9(21-13(20)7-16)2-3-10(8)17(11(18)5-14)12(19)6-15/h2-4H,5-7,14-16H2,1H3. The molecule has 6 N–H and O–H groups in total. The highest BCUT2D eigenvalue weighted by Crippen LogP contribution is 2.25. The number of nitrogens with zero attached hydrogens (tertiary/aromatic N) is 1. The van der Waals surface area contributed by atoms with Gasteiger partial charge in [0.1, 0.15) is 5.75 Å². The van der Waals surface area contributed by atoms with Crippen molar-refractivity contribution < 1.29 is 19.1 Å². The first kappa shape index (κ1) is 16.8. The number of esters is 1. The SMILES string of the molecule is Cc1cc(OC(=O)CN)ccc1N(C(=O)CN)C(=O)CN. The normalized spacial score (nSPS) is 10.1. The number of anilines is 1. The first-order valence-electron chi connectivity index (χ1n) is 6.21. The molecule has 0 atom stereocenters. The van der Waals surface area contributed by atoms with Crippen molar-refractivity contribution in [2.24, 2.45) is 17.2 Å². The van der Waals surface area contributed by atoms with E-state index in [9.17, 15) is 14.4 Å². The fourth-order valence-electron chi connectivity index (χ4n) is 1.71. The van der Waals surface area contributed by atoms with Crippen LogP contribution >= 0.6 is 0 Å². The first-order valence-corrected chi connectivity index (χ1v) is 6.21. The van der Waals surface area contributed by atoms with Crippen molar-refractivity contribution in [1.82, 2.24) is 0 Å². The third kappa shape index (κ3) is 4.09. The van der Waals surface area contributed by atoms with Crippen LogP contribution in [0.3, 0.4) is 0 Å². The average molecular weight is 294 g/mol. The molecule has 0 spiro atoms. The summed E-state index contributed by atoms with van der Waals surface area (Å²) in [5, 5.41) is 0. The van der Waals surface area contributed by atoms with Gasteiger partial charge in [-0.15, -0.1) is 0 Å². The molecule has 1 aromatic carbocycles. The molecule has 114 valence electrons. The molecular weight excluding hydrogens is 276 g/mol. The van der Waals surface area contributed by atoms with Gasteiger partial charge in [0.25, 0.3) is 0 Å². The number of benzene rings is 1. The van der Waals surface area contributed by atoms with Crippen LogP contribution in [0.5, 0.6) is 5.75 Å². The molecule has 0 aliphatic carbocycles. The first-order chi connectivity index (χ1) is 9.94. The summed E-state index contributed by atoms with van der Waals surface area (Å²) in [6, 6.07) is 4.45. The molecule has 21 heavy (non-hydrogen) atoms. The Morgan fingerprint density at radius 3 is 2.05 bits per heavy atom. The van der Waals surface area contributed by atoms with Crippen molar-refractivity contribution in [3.8, 4) is 5.75 Å². The second-order valence-corrected chi connectivity index (χ2v) is 4.16. The van der Waals surface area contributed by atoms with Gasteiger partial charge in [-0.25, -0.2) is 4.90 Å². The third-order valence-corrected chi connectivity index (χ3v) is 2.66. The summed E-state index contributed by atoms with van der Waals surface area (Å²) in [6.07, 6.45) is 0. The Balaban J connectivity index is 3.13. The van der Waals surface area contributed by atoms with E-state index in [0.717, 1.165) is 4.90 Å². The monoisotopic (exact) mass is 294 g/mol. The highest BCUT2D eigenvalue weighted by Gasteiger charge is 2.22. The van der Waals surface area contributed by atoms with Gasteiger partial charge in [0.15, 0.2) is 0 Å². The van der Waals surface area contributed by atoms with Crippen molar-refractivity contribution in [3.63, 3.8) is 0 Å². The van der Waals surface area contributed by atoms with E-state index in [4.69, 9.17) is 21.9 Å². The Morgan fingerprint density at radius 2 is 1.62 bits per heavy atom. The minimum atomic E-state index is -0.588. The van der Waals surface area contributed by atoms with Crippen LogP contribution in [0.25, 0.3) is 0 Å². The van der Waals surface area contributed by atoms with E-state index in [1.165, 1.54) is 18.2 Å². The summed E-state index contributed by atoms with van der Waals surface area (Å²) in [5.74, 6) is -1.46. The molecule has 0 saturated heterocycles. The van der Waals surface area contributed by atoms with Gasteiger partial charge in [0.2, 0.25) is 11.8 Å². The van der Waals surface area contributed by atoms with E-state index < -0.39 is 17.8 Å². The maximum atomic E-state index is 11.8. The lowest BCUT2D eigenvalue weighted by molar-refractivity contribution is -0.133. The fourth-order valence-corrected chi connectivity index (χ4v) is 1.71. The van der Waals surface area contributed by atoms with Crippen LogP contribution in [0.15, 0.2) is 18.2 Å². The zero-order chi connectivity index (χ0) is 16.0. The average Bonchev–Trinajstić information content (AvgIpc) is 2.48. The van der Waals surface area contributed by atoms with Gasteiger partial charge < -0.3 is 21.9 Å². The van der Waals surface area contributed by atoms with Crippen molar-refractivity contribution in [3.05, 3.63) is 23.8 Å². The summed E-state index contributed by atoms with van der Waals surface area (Å²) in [6.45, 7) is 0.768. The molecule has 8 nitrogen and oxygen atoms in total. The van der Waals surface area contributed by atoms with Gasteiger partial charge in [-0.05, 0) is 30.7 Å². The van der Waals surface area contributed by atoms with Crippen LogP contribution < -0.4 is 26.8 Å². The quantitative estimate of drug-likeness (QED) is 0.449. The van der Waals surface area contributed by atoms with E-state index >= 15 is 0 Å². The molecule has 0 aliphatic heterocycles. The van der Waals surface area contributed by atoms with E-state index in [1.54, 1.807) is 6.92 Å². The largest absolute Gasteiger partial charge is 0.426 e. The molecule has 0 saturated carbocycles. The highest BCUT2D eigenvalue weighted by atomic mass is 16.5. The second kappa shape index (κ2) is 7.48. The third-order valence-electron chi connectivity index (χ3n) is 2.66. The van der Waals surface area contributed by atoms with E-state index in [0.29, 0.717) is 11.3 Å². The predicted molar refractivity (Wildman–Crippen MR) is 76.5 cm³/mol. The molecule has 2 amide bonds. The Kier molecular flexibility index (Phi) is 5.97. The fraction of sp³-hybridized carbons (Fsp3) is 0.308. The Hall–Kier alpha value is -2.29. The zero-order valence-electron chi connectivity index (χ0n) is 11.7. The Morgan fingerprint density at radius 1 is 1.05 bits per heavy atom. The molecule has 0 aliphatic rings. The van der Waals surface area contributed by atoms with Gasteiger partial charge in [-0.2, -0.15) is 0 Å². The molecule has 0 radical (unpaired) electrons. The number of carbonyl (C=O) groups excluding carboxylic acids is 3. The molecule has 0 bridgehead atoms. The molecule has 0 unspecified atom stereocenters. The summed E-state index contributed by atoms with van der Waals surface area (Å²) in [4.78, 5) is 35.6. The number of ether oxygens (including phenoxy) is 1. The maximum Gasteiger partial charge on any atom is 0.325 e. The summed E-state index contributed by atoms with van der Waals surface area (Å²) in [5.41, 5.74) is 16.6. The van der Waals surface area contributed by atoms with Crippen molar-refractivity contribution >= 4 is 23.5 Å². The minimum absolute atomic E-state index is 0.246. The number of hydrogen-bond acceptors (Lipinski definition) is 7. The Labute approximate surface area is 121 Å².